The summed E-state index contributed by atoms with van der Waals surface area (Å²) in [6.45, 7) is 1.22. The molecule has 0 radical (unpaired) electrons. The van der Waals surface area contributed by atoms with Crippen LogP contribution in [0.25, 0.3) is 5.57 Å². The van der Waals surface area contributed by atoms with E-state index in [1.807, 2.05) is 12.1 Å². The molecule has 0 saturated heterocycles. The van der Waals surface area contributed by atoms with E-state index in [9.17, 15) is 10.1 Å². The second-order valence-electron chi connectivity index (χ2n) is 3.70. The Morgan fingerprint density at radius 1 is 1.47 bits per heavy atom. The van der Waals surface area contributed by atoms with Gasteiger partial charge in [0.15, 0.2) is 5.75 Å². The minimum Gasteiger partial charge on any atom is -0.490 e. The zero-order valence-electron chi connectivity index (χ0n) is 9.51. The van der Waals surface area contributed by atoms with Crippen molar-refractivity contribution in [2.24, 2.45) is 0 Å². The largest absolute Gasteiger partial charge is 0.490 e. The first kappa shape index (κ1) is 11.6. The summed E-state index contributed by atoms with van der Waals surface area (Å²) in [5.41, 5.74) is 1.94. The maximum Gasteiger partial charge on any atom is 0.311 e. The molecule has 1 aromatic carbocycles. The third kappa shape index (κ3) is 2.45. The lowest BCUT2D eigenvalue weighted by molar-refractivity contribution is -0.385. The van der Waals surface area contributed by atoms with Gasteiger partial charge in [0.25, 0.3) is 0 Å². The van der Waals surface area contributed by atoms with E-state index in [-0.39, 0.29) is 11.4 Å². The molecule has 1 aromatic rings. The molecule has 1 heterocycles. The van der Waals surface area contributed by atoms with Crippen LogP contribution in [-0.2, 0) is 4.74 Å². The van der Waals surface area contributed by atoms with Gasteiger partial charge in [0.1, 0.15) is 0 Å². The fourth-order valence-electron chi connectivity index (χ4n) is 1.82. The third-order valence-corrected chi connectivity index (χ3v) is 2.71. The highest BCUT2D eigenvalue weighted by Crippen LogP contribution is 2.31. The molecular weight excluding hydrogens is 222 g/mol. The number of nitrogens with zero attached hydrogens (tertiary/aromatic N) is 1. The predicted octanol–water partition coefficient (Wildman–Crippen LogP) is 2.41. The van der Waals surface area contributed by atoms with Crippen molar-refractivity contribution >= 4 is 11.3 Å². The molecule has 2 rings (SSSR count). The van der Waals surface area contributed by atoms with Crippen molar-refractivity contribution in [3.63, 3.8) is 0 Å². The zero-order valence-corrected chi connectivity index (χ0v) is 9.51. The Morgan fingerprint density at radius 2 is 2.29 bits per heavy atom. The van der Waals surface area contributed by atoms with Gasteiger partial charge >= 0.3 is 5.69 Å². The Balaban J connectivity index is 2.39. The maximum atomic E-state index is 10.9. The van der Waals surface area contributed by atoms with Gasteiger partial charge in [0.2, 0.25) is 0 Å². The van der Waals surface area contributed by atoms with E-state index in [1.54, 1.807) is 12.1 Å². The van der Waals surface area contributed by atoms with Crippen LogP contribution in [0.1, 0.15) is 12.0 Å². The summed E-state index contributed by atoms with van der Waals surface area (Å²) in [6.07, 6.45) is 2.73. The van der Waals surface area contributed by atoms with Gasteiger partial charge in [-0.1, -0.05) is 12.1 Å². The normalized spacial score (nSPS) is 15.2. The van der Waals surface area contributed by atoms with Gasteiger partial charge in [-0.25, -0.2) is 0 Å². The molecule has 0 unspecified atom stereocenters. The van der Waals surface area contributed by atoms with Crippen LogP contribution in [0.4, 0.5) is 5.69 Å². The lowest BCUT2D eigenvalue weighted by Gasteiger charge is -2.14. The quantitative estimate of drug-likeness (QED) is 0.596. The standard InChI is InChI=1S/C12H13NO4/c1-16-12-3-2-10(8-11(12)13(14)15)9-4-6-17-7-5-9/h2-4,8H,5-7H2,1H3. The number of benzene rings is 1. The first-order chi connectivity index (χ1) is 8.22. The molecule has 1 aliphatic rings. The summed E-state index contributed by atoms with van der Waals surface area (Å²) in [6, 6.07) is 5.02. The maximum absolute atomic E-state index is 10.9. The molecule has 17 heavy (non-hydrogen) atoms. The molecule has 0 saturated carbocycles. The van der Waals surface area contributed by atoms with Crippen LogP contribution in [0.3, 0.4) is 0 Å². The highest BCUT2D eigenvalue weighted by atomic mass is 16.6. The minimum atomic E-state index is -0.428. The Bertz CT molecular complexity index is 468. The van der Waals surface area contributed by atoms with Crippen LogP contribution < -0.4 is 4.74 Å². The zero-order chi connectivity index (χ0) is 12.3. The van der Waals surface area contributed by atoms with Gasteiger partial charge in [-0.3, -0.25) is 10.1 Å². The van der Waals surface area contributed by atoms with Crippen LogP contribution >= 0.6 is 0 Å². The van der Waals surface area contributed by atoms with Gasteiger partial charge in [0, 0.05) is 6.07 Å². The van der Waals surface area contributed by atoms with E-state index in [4.69, 9.17) is 9.47 Å². The van der Waals surface area contributed by atoms with Gasteiger partial charge in [0.05, 0.1) is 25.2 Å². The first-order valence-corrected chi connectivity index (χ1v) is 5.32. The summed E-state index contributed by atoms with van der Waals surface area (Å²) in [5.74, 6) is 0.284. The number of hydrogen-bond donors (Lipinski definition) is 0. The van der Waals surface area contributed by atoms with Crippen molar-refractivity contribution in [3.8, 4) is 5.75 Å². The molecule has 0 spiro atoms. The molecule has 90 valence electrons. The van der Waals surface area contributed by atoms with Crippen LogP contribution in [0.5, 0.6) is 5.75 Å². The smallest absolute Gasteiger partial charge is 0.311 e. The van der Waals surface area contributed by atoms with E-state index in [2.05, 4.69) is 0 Å². The average molecular weight is 235 g/mol. The lowest BCUT2D eigenvalue weighted by atomic mass is 10.0. The average Bonchev–Trinajstić information content (AvgIpc) is 2.39. The second kappa shape index (κ2) is 4.97. The van der Waals surface area contributed by atoms with Crippen molar-refractivity contribution in [3.05, 3.63) is 40.0 Å². The minimum absolute atomic E-state index is 0.00241. The van der Waals surface area contributed by atoms with E-state index < -0.39 is 4.92 Å². The van der Waals surface area contributed by atoms with Gasteiger partial charge in [-0.15, -0.1) is 0 Å². The summed E-state index contributed by atoms with van der Waals surface area (Å²) < 4.78 is 10.2. The van der Waals surface area contributed by atoms with E-state index in [0.29, 0.717) is 13.2 Å². The summed E-state index contributed by atoms with van der Waals surface area (Å²) in [7, 11) is 1.43. The van der Waals surface area contributed by atoms with Gasteiger partial charge in [-0.2, -0.15) is 0 Å². The van der Waals surface area contributed by atoms with E-state index in [0.717, 1.165) is 17.6 Å². The number of ether oxygens (including phenoxy) is 2. The molecule has 0 N–H and O–H groups in total. The van der Waals surface area contributed by atoms with Crippen molar-refractivity contribution in [2.45, 2.75) is 6.42 Å². The van der Waals surface area contributed by atoms with E-state index in [1.165, 1.54) is 7.11 Å². The molecule has 1 aliphatic heterocycles. The molecule has 0 aliphatic carbocycles. The number of hydrogen-bond acceptors (Lipinski definition) is 4. The van der Waals surface area contributed by atoms with E-state index >= 15 is 0 Å². The first-order valence-electron chi connectivity index (χ1n) is 5.32. The fraction of sp³-hybridized carbons (Fsp3) is 0.333. The van der Waals surface area contributed by atoms with Crippen LogP contribution in [0.15, 0.2) is 24.3 Å². The number of nitro benzene ring substituents is 1. The highest BCUT2D eigenvalue weighted by molar-refractivity contribution is 5.69. The molecule has 0 amide bonds. The Morgan fingerprint density at radius 3 is 2.88 bits per heavy atom. The van der Waals surface area contributed by atoms with Gasteiger partial charge < -0.3 is 9.47 Å². The summed E-state index contributed by atoms with van der Waals surface area (Å²) >= 11 is 0. The summed E-state index contributed by atoms with van der Waals surface area (Å²) in [4.78, 5) is 10.5. The van der Waals surface area contributed by atoms with Crippen molar-refractivity contribution in [1.82, 2.24) is 0 Å². The molecule has 5 nitrogen and oxygen atoms in total. The number of methoxy groups -OCH3 is 1. The molecule has 0 atom stereocenters. The Labute approximate surface area is 98.8 Å². The molecular formula is C12H13NO4. The van der Waals surface area contributed by atoms with Crippen LogP contribution in [0, 0.1) is 10.1 Å². The number of nitro groups is 1. The molecule has 0 fully saturated rings. The summed E-state index contributed by atoms with van der Waals surface area (Å²) in [5, 5.41) is 10.9. The van der Waals surface area contributed by atoms with Gasteiger partial charge in [-0.05, 0) is 23.6 Å². The lowest BCUT2D eigenvalue weighted by Crippen LogP contribution is -2.04. The topological polar surface area (TPSA) is 61.6 Å². The highest BCUT2D eigenvalue weighted by Gasteiger charge is 2.17. The van der Waals surface area contributed by atoms with Crippen LogP contribution in [0.2, 0.25) is 0 Å². The molecule has 0 aromatic heterocycles. The van der Waals surface area contributed by atoms with Crippen LogP contribution in [-0.4, -0.2) is 25.2 Å². The Kier molecular flexibility index (Phi) is 3.39. The van der Waals surface area contributed by atoms with Crippen molar-refractivity contribution < 1.29 is 14.4 Å². The Hall–Kier alpha value is -1.88. The molecule has 0 bridgehead atoms. The van der Waals surface area contributed by atoms with Crippen molar-refractivity contribution in [2.75, 3.05) is 20.3 Å². The third-order valence-electron chi connectivity index (χ3n) is 2.71. The monoisotopic (exact) mass is 235 g/mol. The van der Waals surface area contributed by atoms with Crippen molar-refractivity contribution in [1.29, 1.82) is 0 Å². The second-order valence-corrected chi connectivity index (χ2v) is 3.70. The fourth-order valence-corrected chi connectivity index (χ4v) is 1.82. The SMILES string of the molecule is COc1ccc(C2=CCOCC2)cc1[N+](=O)[O-]. The number of rotatable bonds is 3. The molecule has 5 heteroatoms. The predicted molar refractivity (Wildman–Crippen MR) is 63.1 cm³/mol.